The number of ether oxygens (including phenoxy) is 3. The van der Waals surface area contributed by atoms with Crippen LogP contribution in [-0.2, 0) is 19.0 Å². The van der Waals surface area contributed by atoms with Crippen LogP contribution in [0.4, 0.5) is 0 Å². The molecular formula is C16H32IN3O4. The van der Waals surface area contributed by atoms with Crippen molar-refractivity contribution in [2.75, 3.05) is 60.7 Å². The molecule has 1 fully saturated rings. The van der Waals surface area contributed by atoms with Gasteiger partial charge in [0, 0.05) is 46.1 Å². The molecule has 0 spiro atoms. The van der Waals surface area contributed by atoms with Gasteiger partial charge in [-0.25, -0.2) is 0 Å². The molecule has 0 saturated carbocycles. The quantitative estimate of drug-likeness (QED) is 0.176. The van der Waals surface area contributed by atoms with Crippen molar-refractivity contribution in [3.8, 4) is 0 Å². The van der Waals surface area contributed by atoms with Crippen LogP contribution < -0.4 is 5.32 Å². The summed E-state index contributed by atoms with van der Waals surface area (Å²) in [7, 11) is 4.91. The molecule has 8 heteroatoms. The lowest BCUT2D eigenvalue weighted by atomic mass is 10.1. The maximum atomic E-state index is 11.0. The molecule has 1 rings (SSSR count). The molecule has 1 N–H and O–H groups in total. The number of carbonyl (C=O) groups is 1. The smallest absolute Gasteiger partial charge is 0.305 e. The number of hydrogen-bond donors (Lipinski definition) is 1. The van der Waals surface area contributed by atoms with E-state index >= 15 is 0 Å². The summed E-state index contributed by atoms with van der Waals surface area (Å²) >= 11 is 0. The molecule has 1 aliphatic heterocycles. The van der Waals surface area contributed by atoms with Gasteiger partial charge in [-0.15, -0.1) is 24.0 Å². The maximum Gasteiger partial charge on any atom is 0.305 e. The number of nitrogens with zero attached hydrogens (tertiary/aromatic N) is 2. The number of guanidine groups is 1. The number of nitrogens with one attached hydrogen (secondary N) is 1. The fourth-order valence-corrected chi connectivity index (χ4v) is 2.58. The number of unbranched alkanes of at least 4 members (excludes halogenated alkanes) is 1. The van der Waals surface area contributed by atoms with Gasteiger partial charge in [-0.1, -0.05) is 0 Å². The van der Waals surface area contributed by atoms with Crippen molar-refractivity contribution >= 4 is 35.9 Å². The average Bonchev–Trinajstić information content (AvgIpc) is 3.03. The van der Waals surface area contributed by atoms with E-state index in [2.05, 4.69) is 19.9 Å². The van der Waals surface area contributed by atoms with Crippen LogP contribution in [0.5, 0.6) is 0 Å². The fraction of sp³-hybridized carbons (Fsp3) is 0.875. The summed E-state index contributed by atoms with van der Waals surface area (Å²) in [5.74, 6) is 1.33. The molecular weight excluding hydrogens is 425 g/mol. The van der Waals surface area contributed by atoms with Crippen LogP contribution in [0.1, 0.15) is 25.7 Å². The molecule has 1 atom stereocenters. The third kappa shape index (κ3) is 9.63. The lowest BCUT2D eigenvalue weighted by Crippen LogP contribution is -2.40. The molecule has 0 aliphatic carbocycles. The molecule has 0 radical (unpaired) electrons. The maximum absolute atomic E-state index is 11.0. The fourth-order valence-electron chi connectivity index (χ4n) is 2.58. The van der Waals surface area contributed by atoms with E-state index in [0.29, 0.717) is 25.6 Å². The van der Waals surface area contributed by atoms with Gasteiger partial charge in [0.05, 0.1) is 26.9 Å². The summed E-state index contributed by atoms with van der Waals surface area (Å²) in [4.78, 5) is 17.7. The van der Waals surface area contributed by atoms with Gasteiger partial charge in [0.1, 0.15) is 0 Å². The van der Waals surface area contributed by atoms with Crippen LogP contribution in [0.2, 0.25) is 0 Å². The predicted octanol–water partition coefficient (Wildman–Crippen LogP) is 1.51. The Morgan fingerprint density at radius 2 is 2.08 bits per heavy atom. The average molecular weight is 457 g/mol. The second kappa shape index (κ2) is 14.7. The Morgan fingerprint density at radius 1 is 1.29 bits per heavy atom. The third-order valence-corrected chi connectivity index (χ3v) is 3.90. The molecule has 0 amide bonds. The van der Waals surface area contributed by atoms with Crippen LogP contribution in [0.25, 0.3) is 0 Å². The Hall–Kier alpha value is -0.610. The topological polar surface area (TPSA) is 72.4 Å². The number of halogens is 1. The first-order chi connectivity index (χ1) is 11.2. The monoisotopic (exact) mass is 457 g/mol. The van der Waals surface area contributed by atoms with Crippen molar-refractivity contribution in [2.24, 2.45) is 10.9 Å². The standard InChI is InChI=1S/C16H31N3O4.HI/c1-17-16(18-8-5-4-6-15(20)22-3)19-9-7-14(12-19)13-23-11-10-21-2;/h14H,4-13H2,1-3H3,(H,17,18);1H. The lowest BCUT2D eigenvalue weighted by Gasteiger charge is -2.21. The minimum atomic E-state index is -0.148. The second-order valence-corrected chi connectivity index (χ2v) is 5.68. The number of rotatable bonds is 10. The number of likely N-dealkylation sites (tertiary alicyclic amines) is 1. The minimum absolute atomic E-state index is 0. The highest BCUT2D eigenvalue weighted by Gasteiger charge is 2.24. The van der Waals surface area contributed by atoms with Crippen molar-refractivity contribution < 1.29 is 19.0 Å². The van der Waals surface area contributed by atoms with Gasteiger partial charge in [0.15, 0.2) is 5.96 Å². The van der Waals surface area contributed by atoms with Crippen LogP contribution >= 0.6 is 24.0 Å². The molecule has 1 unspecified atom stereocenters. The summed E-state index contributed by atoms with van der Waals surface area (Å²) in [6, 6.07) is 0. The van der Waals surface area contributed by atoms with Crippen molar-refractivity contribution in [3.63, 3.8) is 0 Å². The molecule has 1 heterocycles. The van der Waals surface area contributed by atoms with Gasteiger partial charge in [0.25, 0.3) is 0 Å². The van der Waals surface area contributed by atoms with Crippen LogP contribution in [0.15, 0.2) is 4.99 Å². The number of hydrogen-bond acceptors (Lipinski definition) is 5. The second-order valence-electron chi connectivity index (χ2n) is 5.68. The van der Waals surface area contributed by atoms with E-state index in [1.54, 1.807) is 14.2 Å². The Morgan fingerprint density at radius 3 is 2.75 bits per heavy atom. The first kappa shape index (κ1) is 23.4. The molecule has 0 aromatic rings. The first-order valence-corrected chi connectivity index (χ1v) is 8.30. The van der Waals surface area contributed by atoms with E-state index in [0.717, 1.165) is 51.5 Å². The highest BCUT2D eigenvalue weighted by molar-refractivity contribution is 14.0. The van der Waals surface area contributed by atoms with Crippen molar-refractivity contribution in [1.29, 1.82) is 0 Å². The normalized spacial score (nSPS) is 17.5. The van der Waals surface area contributed by atoms with Crippen LogP contribution in [0, 0.1) is 5.92 Å². The SMILES string of the molecule is CN=C(NCCCCC(=O)OC)N1CCC(COCCOC)C1.I. The number of esters is 1. The van der Waals surface area contributed by atoms with Crippen LogP contribution in [0.3, 0.4) is 0 Å². The van der Waals surface area contributed by atoms with E-state index < -0.39 is 0 Å². The molecule has 142 valence electrons. The zero-order valence-electron chi connectivity index (χ0n) is 15.1. The molecule has 1 saturated heterocycles. The summed E-state index contributed by atoms with van der Waals surface area (Å²) < 4.78 is 15.2. The van der Waals surface area contributed by atoms with Crippen molar-refractivity contribution in [1.82, 2.24) is 10.2 Å². The van der Waals surface area contributed by atoms with Crippen molar-refractivity contribution in [3.05, 3.63) is 0 Å². The van der Waals surface area contributed by atoms with Gasteiger partial charge in [-0.2, -0.15) is 0 Å². The predicted molar refractivity (Wildman–Crippen MR) is 105 cm³/mol. The zero-order chi connectivity index (χ0) is 16.9. The van der Waals surface area contributed by atoms with E-state index in [1.165, 1.54) is 7.11 Å². The Bertz CT molecular complexity index is 369. The minimum Gasteiger partial charge on any atom is -0.469 e. The van der Waals surface area contributed by atoms with Gasteiger partial charge in [0.2, 0.25) is 0 Å². The summed E-state index contributed by atoms with van der Waals surface area (Å²) in [5, 5.41) is 3.36. The highest BCUT2D eigenvalue weighted by Crippen LogP contribution is 2.16. The van der Waals surface area contributed by atoms with Gasteiger partial charge in [-0.05, 0) is 19.3 Å². The third-order valence-electron chi connectivity index (χ3n) is 3.90. The van der Waals surface area contributed by atoms with E-state index in [1.807, 2.05) is 0 Å². The largest absolute Gasteiger partial charge is 0.469 e. The molecule has 1 aliphatic rings. The number of aliphatic imine (C=N–C) groups is 1. The van der Waals surface area contributed by atoms with Crippen molar-refractivity contribution in [2.45, 2.75) is 25.7 Å². The first-order valence-electron chi connectivity index (χ1n) is 8.30. The van der Waals surface area contributed by atoms with E-state index in [-0.39, 0.29) is 29.9 Å². The molecule has 0 aromatic carbocycles. The molecule has 0 aromatic heterocycles. The van der Waals surface area contributed by atoms with E-state index in [9.17, 15) is 4.79 Å². The van der Waals surface area contributed by atoms with Gasteiger partial charge < -0.3 is 24.4 Å². The van der Waals surface area contributed by atoms with Gasteiger partial charge in [-0.3, -0.25) is 9.79 Å². The summed E-state index contributed by atoms with van der Waals surface area (Å²) in [5.41, 5.74) is 0. The molecule has 0 bridgehead atoms. The summed E-state index contributed by atoms with van der Waals surface area (Å²) in [6.45, 7) is 4.85. The molecule has 7 nitrogen and oxygen atoms in total. The lowest BCUT2D eigenvalue weighted by molar-refractivity contribution is -0.140. The Labute approximate surface area is 162 Å². The zero-order valence-corrected chi connectivity index (χ0v) is 17.4. The number of methoxy groups -OCH3 is 2. The number of carbonyl (C=O) groups excluding carboxylic acids is 1. The van der Waals surface area contributed by atoms with E-state index in [4.69, 9.17) is 9.47 Å². The Kier molecular flexibility index (Phi) is 14.3. The summed E-state index contributed by atoms with van der Waals surface area (Å²) in [6.07, 6.45) is 3.34. The van der Waals surface area contributed by atoms with Gasteiger partial charge >= 0.3 is 5.97 Å². The molecule has 24 heavy (non-hydrogen) atoms. The van der Waals surface area contributed by atoms with Crippen LogP contribution in [-0.4, -0.2) is 77.6 Å². The Balaban J connectivity index is 0.00000529. The highest BCUT2D eigenvalue weighted by atomic mass is 127.